The van der Waals surface area contributed by atoms with Gasteiger partial charge in [0.25, 0.3) is 6.02 Å². The Morgan fingerprint density at radius 2 is 1.96 bits per heavy atom. The van der Waals surface area contributed by atoms with Crippen LogP contribution in [0.1, 0.15) is 50.0 Å². The van der Waals surface area contributed by atoms with Crippen LogP contribution in [0.5, 0.6) is 5.75 Å². The molecule has 1 saturated heterocycles. The number of hydrogen-bond acceptors (Lipinski definition) is 5. The summed E-state index contributed by atoms with van der Waals surface area (Å²) in [5, 5.41) is 0. The monoisotopic (exact) mass is 370 g/mol. The van der Waals surface area contributed by atoms with Crippen LogP contribution >= 0.6 is 0 Å². The Kier molecular flexibility index (Phi) is 5.97. The Morgan fingerprint density at radius 1 is 1.15 bits per heavy atom. The van der Waals surface area contributed by atoms with Crippen molar-refractivity contribution >= 4 is 6.02 Å². The molecule has 5 heteroatoms. The van der Waals surface area contributed by atoms with Crippen LogP contribution in [0.25, 0.3) is 0 Å². The molecule has 0 N–H and O–H groups in total. The van der Waals surface area contributed by atoms with E-state index in [1.54, 1.807) is 7.11 Å². The molecule has 0 aromatic heterocycles. The molecule has 1 aromatic carbocycles. The third kappa shape index (κ3) is 4.64. The van der Waals surface area contributed by atoms with Crippen molar-refractivity contribution in [2.45, 2.75) is 50.5 Å². The van der Waals surface area contributed by atoms with Crippen LogP contribution in [0.2, 0.25) is 0 Å². The molecule has 2 aliphatic heterocycles. The van der Waals surface area contributed by atoms with Gasteiger partial charge in [0.1, 0.15) is 12.4 Å². The highest BCUT2D eigenvalue weighted by molar-refractivity contribution is 5.77. The van der Waals surface area contributed by atoms with Gasteiger partial charge in [0.05, 0.1) is 13.2 Å². The van der Waals surface area contributed by atoms with Gasteiger partial charge in [-0.05, 0) is 48.4 Å². The molecule has 1 atom stereocenters. The van der Waals surface area contributed by atoms with Crippen molar-refractivity contribution in [1.29, 1.82) is 0 Å². The molecule has 4 rings (SSSR count). The molecule has 0 unspecified atom stereocenters. The Hall–Kier alpha value is -2.01. The van der Waals surface area contributed by atoms with E-state index in [-0.39, 0.29) is 6.10 Å². The van der Waals surface area contributed by atoms with Crippen LogP contribution in [0, 0.1) is 0 Å². The lowest BCUT2D eigenvalue weighted by molar-refractivity contribution is 0.146. The first-order valence-corrected chi connectivity index (χ1v) is 10.2. The second-order valence-electron chi connectivity index (χ2n) is 7.78. The molecule has 5 nitrogen and oxygen atoms in total. The minimum Gasteiger partial charge on any atom is -0.490 e. The zero-order valence-electron chi connectivity index (χ0n) is 16.2. The van der Waals surface area contributed by atoms with E-state index in [4.69, 9.17) is 14.2 Å². The number of rotatable bonds is 7. The molecule has 2 fully saturated rings. The number of amidine groups is 1. The van der Waals surface area contributed by atoms with Gasteiger partial charge in [-0.2, -0.15) is 0 Å². The van der Waals surface area contributed by atoms with Gasteiger partial charge < -0.3 is 19.1 Å². The summed E-state index contributed by atoms with van der Waals surface area (Å²) >= 11 is 0. The lowest BCUT2D eigenvalue weighted by Gasteiger charge is -2.22. The van der Waals surface area contributed by atoms with Crippen LogP contribution < -0.4 is 4.74 Å². The Bertz CT molecular complexity index is 677. The minimum absolute atomic E-state index is 0.0250. The van der Waals surface area contributed by atoms with E-state index in [1.165, 1.54) is 43.2 Å². The van der Waals surface area contributed by atoms with Gasteiger partial charge in [-0.25, -0.2) is 4.99 Å². The number of aliphatic imine (C=N–C) groups is 1. The summed E-state index contributed by atoms with van der Waals surface area (Å²) in [5.41, 5.74) is 2.74. The number of nitrogens with zero attached hydrogens (tertiary/aromatic N) is 2. The van der Waals surface area contributed by atoms with Crippen molar-refractivity contribution in [3.05, 3.63) is 41.6 Å². The molecule has 1 aliphatic carbocycles. The van der Waals surface area contributed by atoms with Crippen molar-refractivity contribution in [1.82, 2.24) is 4.90 Å². The molecule has 1 saturated carbocycles. The number of benzene rings is 1. The van der Waals surface area contributed by atoms with E-state index in [1.807, 2.05) is 6.20 Å². The van der Waals surface area contributed by atoms with Crippen molar-refractivity contribution in [2.75, 3.05) is 33.4 Å². The maximum atomic E-state index is 5.99. The summed E-state index contributed by atoms with van der Waals surface area (Å²) < 4.78 is 17.1. The highest BCUT2D eigenvalue weighted by Gasteiger charge is 2.32. The Balaban J connectivity index is 1.25. The Labute approximate surface area is 162 Å². The summed E-state index contributed by atoms with van der Waals surface area (Å²) in [4.78, 5) is 6.63. The van der Waals surface area contributed by atoms with Crippen molar-refractivity contribution < 1.29 is 14.2 Å². The molecule has 1 aromatic rings. The summed E-state index contributed by atoms with van der Waals surface area (Å²) in [6, 6.07) is 9.40. The first kappa shape index (κ1) is 18.4. The molecule has 0 amide bonds. The molecular formula is C22H30N2O3. The van der Waals surface area contributed by atoms with E-state index in [9.17, 15) is 0 Å². The molecule has 2 heterocycles. The second kappa shape index (κ2) is 8.79. The van der Waals surface area contributed by atoms with Gasteiger partial charge in [0.15, 0.2) is 6.10 Å². The van der Waals surface area contributed by atoms with E-state index < -0.39 is 0 Å². The fraction of sp³-hybridized carbons (Fsp3) is 0.591. The molecule has 0 bridgehead atoms. The molecule has 0 spiro atoms. The SMILES string of the molecule is COCCC1=CN=C2O[C@H](COc3ccc(C4CCCCC4)cc3)CN2C1. The normalized spacial score (nSPS) is 22.7. The zero-order valence-corrected chi connectivity index (χ0v) is 16.2. The van der Waals surface area contributed by atoms with Gasteiger partial charge >= 0.3 is 0 Å². The minimum atomic E-state index is 0.0250. The lowest BCUT2D eigenvalue weighted by atomic mass is 9.84. The summed E-state index contributed by atoms with van der Waals surface area (Å²) in [5.74, 6) is 1.66. The molecular weight excluding hydrogens is 340 g/mol. The Morgan fingerprint density at radius 3 is 2.74 bits per heavy atom. The predicted molar refractivity (Wildman–Crippen MR) is 106 cm³/mol. The van der Waals surface area contributed by atoms with Crippen LogP contribution in [-0.4, -0.2) is 50.4 Å². The molecule has 146 valence electrons. The zero-order chi connectivity index (χ0) is 18.5. The largest absolute Gasteiger partial charge is 0.490 e. The topological polar surface area (TPSA) is 43.3 Å². The van der Waals surface area contributed by atoms with Crippen molar-refractivity contribution in [3.63, 3.8) is 0 Å². The third-order valence-corrected chi connectivity index (χ3v) is 5.74. The molecule has 3 aliphatic rings. The summed E-state index contributed by atoms with van der Waals surface area (Å²) in [6.07, 6.45) is 9.63. The fourth-order valence-corrected chi connectivity index (χ4v) is 4.19. The average Bonchev–Trinajstić information content (AvgIpc) is 3.14. The fourth-order valence-electron chi connectivity index (χ4n) is 4.19. The molecule has 0 radical (unpaired) electrons. The highest BCUT2D eigenvalue weighted by atomic mass is 16.6. The van der Waals surface area contributed by atoms with Crippen molar-refractivity contribution in [3.8, 4) is 5.75 Å². The highest BCUT2D eigenvalue weighted by Crippen LogP contribution is 2.33. The number of hydrogen-bond donors (Lipinski definition) is 0. The van der Waals surface area contributed by atoms with Crippen molar-refractivity contribution in [2.24, 2.45) is 4.99 Å². The predicted octanol–water partition coefficient (Wildman–Crippen LogP) is 4.10. The maximum Gasteiger partial charge on any atom is 0.292 e. The van der Waals surface area contributed by atoms with Gasteiger partial charge in [0.2, 0.25) is 0 Å². The van der Waals surface area contributed by atoms with E-state index in [0.717, 1.165) is 43.8 Å². The number of ether oxygens (including phenoxy) is 3. The smallest absolute Gasteiger partial charge is 0.292 e. The second-order valence-corrected chi connectivity index (χ2v) is 7.78. The summed E-state index contributed by atoms with van der Waals surface area (Å²) in [6.45, 7) is 2.97. The van der Waals surface area contributed by atoms with Gasteiger partial charge in [-0.3, -0.25) is 0 Å². The maximum absolute atomic E-state index is 5.99. The quantitative estimate of drug-likeness (QED) is 0.725. The van der Waals surface area contributed by atoms with Gasteiger partial charge in [0, 0.05) is 19.9 Å². The average molecular weight is 370 g/mol. The standard InChI is InChI=1S/C22H30N2O3/c1-25-12-11-17-13-23-22-24(14-17)15-21(27-22)16-26-20-9-7-19(8-10-20)18-5-3-2-4-6-18/h7-10,13,18,21H,2-6,11-12,14-16H2,1H3/t21-/m0/s1. The van der Waals surface area contributed by atoms with E-state index in [0.29, 0.717) is 6.61 Å². The third-order valence-electron chi connectivity index (χ3n) is 5.74. The first-order valence-electron chi connectivity index (χ1n) is 10.2. The number of methoxy groups -OCH3 is 1. The summed E-state index contributed by atoms with van der Waals surface area (Å²) in [7, 11) is 1.73. The van der Waals surface area contributed by atoms with Gasteiger partial charge in [-0.1, -0.05) is 31.4 Å². The van der Waals surface area contributed by atoms with Crippen LogP contribution in [0.3, 0.4) is 0 Å². The van der Waals surface area contributed by atoms with E-state index in [2.05, 4.69) is 34.2 Å². The van der Waals surface area contributed by atoms with Crippen LogP contribution in [0.15, 0.2) is 41.0 Å². The van der Waals surface area contributed by atoms with Gasteiger partial charge in [-0.15, -0.1) is 0 Å². The number of fused-ring (bicyclic) bond motifs is 1. The lowest BCUT2D eigenvalue weighted by Crippen LogP contribution is -2.31. The first-order chi connectivity index (χ1) is 13.3. The van der Waals surface area contributed by atoms with Crippen LogP contribution in [-0.2, 0) is 9.47 Å². The van der Waals surface area contributed by atoms with Crippen LogP contribution in [0.4, 0.5) is 0 Å². The molecule has 27 heavy (non-hydrogen) atoms. The van der Waals surface area contributed by atoms with E-state index >= 15 is 0 Å².